The molecule has 1 aliphatic rings. The minimum Gasteiger partial charge on any atom is -0.378 e. The second kappa shape index (κ2) is 3.70. The molecule has 2 rings (SSSR count). The summed E-state index contributed by atoms with van der Waals surface area (Å²) in [6, 6.07) is 6.51. The van der Waals surface area contributed by atoms with E-state index in [1.807, 2.05) is 12.1 Å². The summed E-state index contributed by atoms with van der Waals surface area (Å²) < 4.78 is 0. The van der Waals surface area contributed by atoms with Crippen molar-refractivity contribution in [2.45, 2.75) is 19.9 Å². The maximum atomic E-state index is 6.14. The van der Waals surface area contributed by atoms with Gasteiger partial charge in [0.05, 0.1) is 16.4 Å². The number of para-hydroxylation sites is 1. The highest BCUT2D eigenvalue weighted by molar-refractivity contribution is 6.34. The zero-order chi connectivity index (χ0) is 10.1. The lowest BCUT2D eigenvalue weighted by molar-refractivity contribution is 0.703. The topological polar surface area (TPSA) is 15.3 Å². The number of nitrogens with one attached hydrogen (secondary N) is 1. The summed E-state index contributed by atoms with van der Waals surface area (Å²) in [6.45, 7) is 6.42. The Morgan fingerprint density at radius 2 is 2.36 bits per heavy atom. The van der Waals surface area contributed by atoms with Crippen LogP contribution in [0.3, 0.4) is 0 Å². The lowest BCUT2D eigenvalue weighted by Gasteiger charge is -2.35. The van der Waals surface area contributed by atoms with Gasteiger partial charge in [0.2, 0.25) is 0 Å². The fraction of sp³-hybridized carbons (Fsp3) is 0.455. The van der Waals surface area contributed by atoms with Crippen LogP contribution in [0, 0.1) is 0 Å². The van der Waals surface area contributed by atoms with Gasteiger partial charge < -0.3 is 10.2 Å². The van der Waals surface area contributed by atoms with E-state index in [-0.39, 0.29) is 0 Å². The molecule has 0 bridgehead atoms. The van der Waals surface area contributed by atoms with Crippen LogP contribution in [0.15, 0.2) is 18.2 Å². The molecule has 0 amide bonds. The minimum atomic E-state index is 0.461. The minimum absolute atomic E-state index is 0.461. The molecule has 1 unspecified atom stereocenters. The van der Waals surface area contributed by atoms with E-state index < -0.39 is 0 Å². The molecule has 0 saturated heterocycles. The molecule has 2 nitrogen and oxygen atoms in total. The van der Waals surface area contributed by atoms with Gasteiger partial charge in [-0.15, -0.1) is 0 Å². The average molecular weight is 211 g/mol. The van der Waals surface area contributed by atoms with Gasteiger partial charge in [-0.1, -0.05) is 17.7 Å². The van der Waals surface area contributed by atoms with Crippen molar-refractivity contribution in [2.75, 3.05) is 23.3 Å². The van der Waals surface area contributed by atoms with Gasteiger partial charge in [-0.2, -0.15) is 0 Å². The normalized spacial score (nSPS) is 20.2. The summed E-state index contributed by atoms with van der Waals surface area (Å²) >= 11 is 6.14. The number of halogens is 1. The van der Waals surface area contributed by atoms with Crippen LogP contribution in [0.25, 0.3) is 0 Å². The molecule has 1 N–H and O–H groups in total. The summed E-state index contributed by atoms with van der Waals surface area (Å²) in [6.07, 6.45) is 0. The van der Waals surface area contributed by atoms with Crippen LogP contribution in [0.2, 0.25) is 5.02 Å². The molecular weight excluding hydrogens is 196 g/mol. The van der Waals surface area contributed by atoms with Crippen molar-refractivity contribution in [3.8, 4) is 0 Å². The number of hydrogen-bond donors (Lipinski definition) is 1. The van der Waals surface area contributed by atoms with E-state index in [9.17, 15) is 0 Å². The van der Waals surface area contributed by atoms with Crippen LogP contribution in [-0.2, 0) is 0 Å². The molecular formula is C11H15ClN2. The summed E-state index contributed by atoms with van der Waals surface area (Å²) in [5.41, 5.74) is 2.30. The molecule has 76 valence electrons. The third-order valence-corrected chi connectivity index (χ3v) is 2.91. The van der Waals surface area contributed by atoms with Crippen molar-refractivity contribution >= 4 is 23.0 Å². The van der Waals surface area contributed by atoms with E-state index in [1.54, 1.807) is 0 Å². The molecule has 1 atom stereocenters. The molecule has 0 aromatic heterocycles. The summed E-state index contributed by atoms with van der Waals surface area (Å²) in [5.74, 6) is 0. The quantitative estimate of drug-likeness (QED) is 0.767. The fourth-order valence-corrected chi connectivity index (χ4v) is 2.16. The Kier molecular flexibility index (Phi) is 2.55. The lowest BCUT2D eigenvalue weighted by Crippen LogP contribution is -2.39. The third kappa shape index (κ3) is 1.55. The number of likely N-dealkylation sites (N-methyl/N-ethyl adjacent to an activating group) is 1. The van der Waals surface area contributed by atoms with E-state index in [2.05, 4.69) is 30.1 Å². The van der Waals surface area contributed by atoms with Gasteiger partial charge in [-0.05, 0) is 26.0 Å². The predicted octanol–water partition coefficient (Wildman–Crippen LogP) is 2.98. The first-order chi connectivity index (χ1) is 6.72. The van der Waals surface area contributed by atoms with Crippen LogP contribution < -0.4 is 10.2 Å². The highest BCUT2D eigenvalue weighted by atomic mass is 35.5. The Morgan fingerprint density at radius 1 is 1.57 bits per heavy atom. The van der Waals surface area contributed by atoms with E-state index in [0.717, 1.165) is 23.8 Å². The van der Waals surface area contributed by atoms with E-state index in [1.165, 1.54) is 5.69 Å². The Morgan fingerprint density at radius 3 is 3.07 bits per heavy atom. The summed E-state index contributed by atoms with van der Waals surface area (Å²) in [7, 11) is 0. The first-order valence-electron chi connectivity index (χ1n) is 5.02. The number of fused-ring (bicyclic) bond motifs is 1. The van der Waals surface area contributed by atoms with Gasteiger partial charge in [0.25, 0.3) is 0 Å². The third-order valence-electron chi connectivity index (χ3n) is 2.60. The van der Waals surface area contributed by atoms with Crippen molar-refractivity contribution in [1.82, 2.24) is 0 Å². The monoisotopic (exact) mass is 210 g/mol. The van der Waals surface area contributed by atoms with Crippen LogP contribution in [-0.4, -0.2) is 19.1 Å². The lowest BCUT2D eigenvalue weighted by atomic mass is 10.1. The number of anilines is 2. The molecule has 1 aromatic rings. The van der Waals surface area contributed by atoms with Gasteiger partial charge in [-0.25, -0.2) is 0 Å². The molecule has 1 heterocycles. The second-order valence-electron chi connectivity index (χ2n) is 3.72. The van der Waals surface area contributed by atoms with Gasteiger partial charge in [0.15, 0.2) is 0 Å². The van der Waals surface area contributed by atoms with Crippen LogP contribution in [0.4, 0.5) is 11.4 Å². The van der Waals surface area contributed by atoms with Gasteiger partial charge in [0.1, 0.15) is 0 Å². The van der Waals surface area contributed by atoms with Gasteiger partial charge in [-0.3, -0.25) is 0 Å². The number of rotatable bonds is 1. The molecule has 1 aliphatic heterocycles. The number of nitrogens with zero attached hydrogens (tertiary/aromatic N) is 1. The smallest absolute Gasteiger partial charge is 0.0770 e. The van der Waals surface area contributed by atoms with E-state index in [0.29, 0.717) is 6.04 Å². The van der Waals surface area contributed by atoms with Crippen molar-refractivity contribution < 1.29 is 0 Å². The van der Waals surface area contributed by atoms with E-state index >= 15 is 0 Å². The number of hydrogen-bond acceptors (Lipinski definition) is 2. The maximum Gasteiger partial charge on any atom is 0.0770 e. The highest BCUT2D eigenvalue weighted by Crippen LogP contribution is 2.36. The van der Waals surface area contributed by atoms with Crippen LogP contribution in [0.5, 0.6) is 0 Å². The highest BCUT2D eigenvalue weighted by Gasteiger charge is 2.21. The Hall–Kier alpha value is -0.890. The van der Waals surface area contributed by atoms with E-state index in [4.69, 9.17) is 11.6 Å². The molecule has 14 heavy (non-hydrogen) atoms. The molecule has 0 saturated carbocycles. The molecule has 0 fully saturated rings. The molecule has 3 heteroatoms. The standard InChI is InChI=1S/C11H15ClN2/c1-3-14-7-8(2)13-11-9(12)5-4-6-10(11)14/h4-6,8,13H,3,7H2,1-2H3. The number of benzene rings is 1. The second-order valence-corrected chi connectivity index (χ2v) is 4.13. The van der Waals surface area contributed by atoms with Crippen molar-refractivity contribution in [3.63, 3.8) is 0 Å². The molecule has 0 radical (unpaired) electrons. The molecule has 0 spiro atoms. The predicted molar refractivity (Wildman–Crippen MR) is 62.4 cm³/mol. The largest absolute Gasteiger partial charge is 0.378 e. The summed E-state index contributed by atoms with van der Waals surface area (Å²) in [5, 5.41) is 4.23. The summed E-state index contributed by atoms with van der Waals surface area (Å²) in [4.78, 5) is 2.35. The van der Waals surface area contributed by atoms with Crippen LogP contribution >= 0.6 is 11.6 Å². The Bertz CT molecular complexity index is 338. The van der Waals surface area contributed by atoms with Gasteiger partial charge >= 0.3 is 0 Å². The van der Waals surface area contributed by atoms with Crippen molar-refractivity contribution in [1.29, 1.82) is 0 Å². The average Bonchev–Trinajstić information content (AvgIpc) is 2.18. The maximum absolute atomic E-state index is 6.14. The molecule has 0 aliphatic carbocycles. The SMILES string of the molecule is CCN1CC(C)Nc2c(Cl)cccc21. The zero-order valence-electron chi connectivity index (χ0n) is 8.55. The fourth-order valence-electron chi connectivity index (χ4n) is 1.94. The Labute approximate surface area is 89.9 Å². The first kappa shape index (κ1) is 9.66. The first-order valence-corrected chi connectivity index (χ1v) is 5.40. The Balaban J connectivity index is 2.45. The van der Waals surface area contributed by atoms with Crippen LogP contribution in [0.1, 0.15) is 13.8 Å². The zero-order valence-corrected chi connectivity index (χ0v) is 9.30. The van der Waals surface area contributed by atoms with Crippen molar-refractivity contribution in [3.05, 3.63) is 23.2 Å². The van der Waals surface area contributed by atoms with Crippen molar-refractivity contribution in [2.24, 2.45) is 0 Å². The van der Waals surface area contributed by atoms with Gasteiger partial charge in [0, 0.05) is 19.1 Å². The molecule has 1 aromatic carbocycles.